The van der Waals surface area contributed by atoms with Crippen molar-refractivity contribution in [1.82, 2.24) is 0 Å². The smallest absolute Gasteiger partial charge is 0.306 e. The number of ether oxygens (including phenoxy) is 3. The standard InChI is InChI=1S/C59H102O6/c1-4-7-10-13-16-19-22-25-28-29-32-34-37-40-43-46-49-52-58(61)64-55-56(65-59(62)53-50-47-44-41-38-35-31-27-24-21-18-15-12-9-6-3)54-63-57(60)51-48-45-42-39-36-33-30-26-23-20-17-14-11-8-5-2/h9,12,15,17-18,20-21,23-26,28,56H,4-8,10-11,13-14,16,19,22,27,29-55H2,1-3H3/b12-9-,18-15-,20-17-,24-21-,26-23-,28-25-. The molecular formula is C59H102O6. The summed E-state index contributed by atoms with van der Waals surface area (Å²) in [5.41, 5.74) is 0. The molecule has 0 aliphatic heterocycles. The average Bonchev–Trinajstić information content (AvgIpc) is 3.30. The maximum Gasteiger partial charge on any atom is 0.306 e. The van der Waals surface area contributed by atoms with E-state index in [9.17, 15) is 14.4 Å². The molecule has 6 nitrogen and oxygen atoms in total. The van der Waals surface area contributed by atoms with Gasteiger partial charge in [-0.3, -0.25) is 14.4 Å². The Morgan fingerprint density at radius 1 is 0.323 bits per heavy atom. The third kappa shape index (κ3) is 51.7. The number of esters is 3. The zero-order chi connectivity index (χ0) is 47.2. The fraction of sp³-hybridized carbons (Fsp3) is 0.746. The number of hydrogen-bond donors (Lipinski definition) is 0. The molecule has 0 aliphatic rings. The van der Waals surface area contributed by atoms with Crippen LogP contribution in [0.4, 0.5) is 0 Å². The molecule has 0 aromatic rings. The van der Waals surface area contributed by atoms with E-state index in [-0.39, 0.29) is 31.1 Å². The maximum absolute atomic E-state index is 12.8. The van der Waals surface area contributed by atoms with Gasteiger partial charge in [0, 0.05) is 19.3 Å². The van der Waals surface area contributed by atoms with Crippen molar-refractivity contribution in [2.45, 2.75) is 271 Å². The summed E-state index contributed by atoms with van der Waals surface area (Å²) in [5.74, 6) is -0.909. The third-order valence-corrected chi connectivity index (χ3v) is 11.8. The van der Waals surface area contributed by atoms with Crippen LogP contribution in [-0.4, -0.2) is 37.2 Å². The molecule has 65 heavy (non-hydrogen) atoms. The molecule has 6 heteroatoms. The van der Waals surface area contributed by atoms with E-state index in [1.807, 2.05) is 0 Å². The Labute approximate surface area is 402 Å². The van der Waals surface area contributed by atoms with Crippen molar-refractivity contribution < 1.29 is 28.6 Å². The van der Waals surface area contributed by atoms with Crippen LogP contribution in [0.25, 0.3) is 0 Å². The van der Waals surface area contributed by atoms with Gasteiger partial charge in [-0.1, -0.05) is 229 Å². The van der Waals surface area contributed by atoms with Gasteiger partial charge < -0.3 is 14.2 Å². The molecule has 0 aromatic carbocycles. The lowest BCUT2D eigenvalue weighted by atomic mass is 10.1. The molecule has 0 fully saturated rings. The highest BCUT2D eigenvalue weighted by Gasteiger charge is 2.19. The molecule has 0 spiro atoms. The second kappa shape index (κ2) is 53.5. The summed E-state index contributed by atoms with van der Waals surface area (Å²) in [6.07, 6.45) is 67.4. The van der Waals surface area contributed by atoms with Crippen molar-refractivity contribution in [3.63, 3.8) is 0 Å². The van der Waals surface area contributed by atoms with Crippen LogP contribution >= 0.6 is 0 Å². The Bertz CT molecular complexity index is 1230. The molecule has 0 aliphatic carbocycles. The van der Waals surface area contributed by atoms with Crippen molar-refractivity contribution in [3.8, 4) is 0 Å². The van der Waals surface area contributed by atoms with Crippen molar-refractivity contribution in [1.29, 1.82) is 0 Å². The predicted octanol–water partition coefficient (Wildman–Crippen LogP) is 18.2. The molecule has 0 rings (SSSR count). The summed E-state index contributed by atoms with van der Waals surface area (Å²) in [4.78, 5) is 38.1. The van der Waals surface area contributed by atoms with E-state index < -0.39 is 6.10 Å². The number of unbranched alkanes of at least 4 members (excludes halogenated alkanes) is 29. The average molecular weight is 907 g/mol. The molecule has 0 saturated carbocycles. The van der Waals surface area contributed by atoms with E-state index in [1.165, 1.54) is 148 Å². The Balaban J connectivity index is 4.41. The van der Waals surface area contributed by atoms with Crippen molar-refractivity contribution in [2.24, 2.45) is 0 Å². The van der Waals surface area contributed by atoms with Gasteiger partial charge in [-0.2, -0.15) is 0 Å². The molecule has 1 atom stereocenters. The van der Waals surface area contributed by atoms with Crippen molar-refractivity contribution in [3.05, 3.63) is 72.9 Å². The lowest BCUT2D eigenvalue weighted by Gasteiger charge is -2.18. The van der Waals surface area contributed by atoms with Crippen molar-refractivity contribution >= 4 is 17.9 Å². The van der Waals surface area contributed by atoms with Crippen LogP contribution in [0.3, 0.4) is 0 Å². The van der Waals surface area contributed by atoms with Gasteiger partial charge in [0.2, 0.25) is 0 Å². The second-order valence-corrected chi connectivity index (χ2v) is 18.2. The first kappa shape index (κ1) is 61.9. The van der Waals surface area contributed by atoms with E-state index in [0.717, 1.165) is 77.0 Å². The van der Waals surface area contributed by atoms with E-state index in [2.05, 4.69) is 93.7 Å². The Kier molecular flexibility index (Phi) is 50.9. The van der Waals surface area contributed by atoms with Crippen LogP contribution in [0.5, 0.6) is 0 Å². The van der Waals surface area contributed by atoms with Gasteiger partial charge in [0.15, 0.2) is 6.10 Å². The normalized spacial score (nSPS) is 12.6. The Morgan fingerprint density at radius 2 is 0.615 bits per heavy atom. The largest absolute Gasteiger partial charge is 0.462 e. The minimum atomic E-state index is -0.788. The summed E-state index contributed by atoms with van der Waals surface area (Å²) >= 11 is 0. The summed E-state index contributed by atoms with van der Waals surface area (Å²) in [5, 5.41) is 0. The highest BCUT2D eigenvalue weighted by Crippen LogP contribution is 2.15. The van der Waals surface area contributed by atoms with Gasteiger partial charge in [0.1, 0.15) is 13.2 Å². The summed E-state index contributed by atoms with van der Waals surface area (Å²) in [6.45, 7) is 6.46. The molecule has 374 valence electrons. The fourth-order valence-electron chi connectivity index (χ4n) is 7.60. The molecule has 0 heterocycles. The minimum Gasteiger partial charge on any atom is -0.462 e. The number of allylic oxidation sites excluding steroid dienone is 12. The number of carbonyl (C=O) groups excluding carboxylic acids is 3. The monoisotopic (exact) mass is 907 g/mol. The Hall–Kier alpha value is -3.15. The van der Waals surface area contributed by atoms with Crippen LogP contribution in [0.2, 0.25) is 0 Å². The summed E-state index contributed by atoms with van der Waals surface area (Å²) in [6, 6.07) is 0. The van der Waals surface area contributed by atoms with Crippen LogP contribution in [0.15, 0.2) is 72.9 Å². The Morgan fingerprint density at radius 3 is 1.02 bits per heavy atom. The van der Waals surface area contributed by atoms with Crippen LogP contribution in [0.1, 0.15) is 265 Å². The molecule has 0 saturated heterocycles. The number of carbonyl (C=O) groups is 3. The molecule has 0 radical (unpaired) electrons. The van der Waals surface area contributed by atoms with Gasteiger partial charge in [-0.15, -0.1) is 0 Å². The van der Waals surface area contributed by atoms with Crippen molar-refractivity contribution in [2.75, 3.05) is 13.2 Å². The molecule has 0 amide bonds. The van der Waals surface area contributed by atoms with Gasteiger partial charge in [-0.25, -0.2) is 0 Å². The van der Waals surface area contributed by atoms with E-state index >= 15 is 0 Å². The van der Waals surface area contributed by atoms with Gasteiger partial charge >= 0.3 is 17.9 Å². The first-order chi connectivity index (χ1) is 32.0. The first-order valence-corrected chi connectivity index (χ1v) is 27.5. The van der Waals surface area contributed by atoms with Gasteiger partial charge in [0.05, 0.1) is 0 Å². The zero-order valence-corrected chi connectivity index (χ0v) is 42.7. The number of hydrogen-bond acceptors (Lipinski definition) is 6. The molecule has 0 bridgehead atoms. The van der Waals surface area contributed by atoms with E-state index in [1.54, 1.807) is 0 Å². The predicted molar refractivity (Wildman–Crippen MR) is 279 cm³/mol. The van der Waals surface area contributed by atoms with E-state index in [4.69, 9.17) is 14.2 Å². The first-order valence-electron chi connectivity index (χ1n) is 27.5. The molecule has 0 aromatic heterocycles. The lowest BCUT2D eigenvalue weighted by molar-refractivity contribution is -0.167. The highest BCUT2D eigenvalue weighted by atomic mass is 16.6. The molecule has 1 unspecified atom stereocenters. The maximum atomic E-state index is 12.8. The van der Waals surface area contributed by atoms with Gasteiger partial charge in [-0.05, 0) is 89.9 Å². The van der Waals surface area contributed by atoms with E-state index in [0.29, 0.717) is 19.3 Å². The van der Waals surface area contributed by atoms with Gasteiger partial charge in [0.25, 0.3) is 0 Å². The SMILES string of the molecule is CC\C=C/C=C\C=C/CCCCCCCCCC(=O)OC(COC(=O)CCCCCCCC/C=C\C=C/CCCCC)COC(=O)CCCCCCCCC/C=C\CCCCCCCC. The summed E-state index contributed by atoms with van der Waals surface area (Å²) in [7, 11) is 0. The summed E-state index contributed by atoms with van der Waals surface area (Å²) < 4.78 is 16.8. The fourth-order valence-corrected chi connectivity index (χ4v) is 7.60. The second-order valence-electron chi connectivity index (χ2n) is 18.2. The highest BCUT2D eigenvalue weighted by molar-refractivity contribution is 5.71. The zero-order valence-electron chi connectivity index (χ0n) is 42.7. The van der Waals surface area contributed by atoms with Crippen LogP contribution in [-0.2, 0) is 28.6 Å². The molecule has 0 N–H and O–H groups in total. The number of rotatable bonds is 49. The minimum absolute atomic E-state index is 0.0862. The van der Waals surface area contributed by atoms with Crippen LogP contribution < -0.4 is 0 Å². The van der Waals surface area contributed by atoms with Crippen LogP contribution in [0, 0.1) is 0 Å². The third-order valence-electron chi connectivity index (χ3n) is 11.8. The topological polar surface area (TPSA) is 78.9 Å². The molecular weight excluding hydrogens is 805 g/mol. The lowest BCUT2D eigenvalue weighted by Crippen LogP contribution is -2.30. The quantitative estimate of drug-likeness (QED) is 0.0199.